The number of benzene rings is 2. The van der Waals surface area contributed by atoms with Gasteiger partial charge in [0.25, 0.3) is 0 Å². The fourth-order valence-electron chi connectivity index (χ4n) is 1.79. The zero-order chi connectivity index (χ0) is 12.4. The molecule has 0 saturated carbocycles. The highest BCUT2D eigenvalue weighted by atomic mass is 32.1. The van der Waals surface area contributed by atoms with E-state index in [0.717, 1.165) is 26.4 Å². The monoisotopic (exact) mass is 254 g/mol. The Balaban J connectivity index is 2.11. The molecular weight excluding hydrogens is 244 g/mol. The Bertz CT molecular complexity index is 704. The highest BCUT2D eigenvalue weighted by molar-refractivity contribution is 7.21. The van der Waals surface area contributed by atoms with Gasteiger partial charge in [0.15, 0.2) is 0 Å². The van der Waals surface area contributed by atoms with Crippen molar-refractivity contribution in [2.75, 3.05) is 0 Å². The van der Waals surface area contributed by atoms with Crippen LogP contribution < -0.4 is 0 Å². The quantitative estimate of drug-likeness (QED) is 0.430. The first-order valence-corrected chi connectivity index (χ1v) is 6.32. The van der Waals surface area contributed by atoms with E-state index in [1.54, 1.807) is 11.3 Å². The predicted molar refractivity (Wildman–Crippen MR) is 74.4 cm³/mol. The maximum atomic E-state index is 8.53. The number of hydrogen-bond donors (Lipinski definition) is 1. The first-order valence-electron chi connectivity index (χ1n) is 5.50. The van der Waals surface area contributed by atoms with Gasteiger partial charge in [0, 0.05) is 5.56 Å². The molecule has 3 rings (SSSR count). The summed E-state index contributed by atoms with van der Waals surface area (Å²) < 4.78 is 1.09. The molecule has 0 atom stereocenters. The van der Waals surface area contributed by atoms with Gasteiger partial charge >= 0.3 is 0 Å². The molecule has 18 heavy (non-hydrogen) atoms. The lowest BCUT2D eigenvalue weighted by Crippen LogP contribution is -1.79. The molecule has 0 bridgehead atoms. The van der Waals surface area contributed by atoms with Crippen LogP contribution >= 0.6 is 11.3 Å². The van der Waals surface area contributed by atoms with E-state index in [4.69, 9.17) is 5.21 Å². The number of hydrogen-bond acceptors (Lipinski definition) is 4. The molecule has 0 radical (unpaired) electrons. The third-order valence-corrected chi connectivity index (χ3v) is 3.71. The zero-order valence-electron chi connectivity index (χ0n) is 9.45. The van der Waals surface area contributed by atoms with Gasteiger partial charge in [-0.2, -0.15) is 0 Å². The van der Waals surface area contributed by atoms with E-state index in [2.05, 4.69) is 10.1 Å². The first kappa shape index (κ1) is 10.9. The minimum Gasteiger partial charge on any atom is -0.411 e. The maximum Gasteiger partial charge on any atom is 0.124 e. The van der Waals surface area contributed by atoms with Crippen molar-refractivity contribution < 1.29 is 5.21 Å². The standard InChI is InChI=1S/C14H10N2OS/c17-15-9-10-6-7-12-13(8-10)18-14(16-12)11-4-2-1-3-5-11/h1-9,17H/b15-9+. The van der Waals surface area contributed by atoms with Gasteiger partial charge in [-0.1, -0.05) is 41.6 Å². The van der Waals surface area contributed by atoms with Gasteiger partial charge < -0.3 is 5.21 Å². The van der Waals surface area contributed by atoms with Crippen molar-refractivity contribution >= 4 is 27.8 Å². The molecule has 0 aliphatic carbocycles. The van der Waals surface area contributed by atoms with Crippen molar-refractivity contribution in [1.29, 1.82) is 0 Å². The topological polar surface area (TPSA) is 45.5 Å². The normalized spacial score (nSPS) is 11.3. The van der Waals surface area contributed by atoms with Crippen molar-refractivity contribution in [2.24, 2.45) is 5.16 Å². The minimum absolute atomic E-state index is 0.869. The molecule has 0 amide bonds. The summed E-state index contributed by atoms with van der Waals surface area (Å²) in [5, 5.41) is 12.6. The highest BCUT2D eigenvalue weighted by Gasteiger charge is 2.05. The lowest BCUT2D eigenvalue weighted by Gasteiger charge is -1.92. The molecule has 0 unspecified atom stereocenters. The molecule has 3 aromatic rings. The third kappa shape index (κ3) is 1.98. The smallest absolute Gasteiger partial charge is 0.124 e. The van der Waals surface area contributed by atoms with Gasteiger partial charge in [-0.15, -0.1) is 11.3 Å². The first-order chi connectivity index (χ1) is 8.86. The number of oxime groups is 1. The predicted octanol–water partition coefficient (Wildman–Crippen LogP) is 3.77. The summed E-state index contributed by atoms with van der Waals surface area (Å²) in [7, 11) is 0. The lowest BCUT2D eigenvalue weighted by atomic mass is 10.2. The van der Waals surface area contributed by atoms with Crippen molar-refractivity contribution in [3.8, 4) is 10.6 Å². The van der Waals surface area contributed by atoms with E-state index in [0.29, 0.717) is 0 Å². The van der Waals surface area contributed by atoms with Crippen LogP contribution in [0.2, 0.25) is 0 Å². The van der Waals surface area contributed by atoms with Crippen molar-refractivity contribution in [2.45, 2.75) is 0 Å². The fourth-order valence-corrected chi connectivity index (χ4v) is 2.81. The van der Waals surface area contributed by atoms with Crippen LogP contribution in [-0.2, 0) is 0 Å². The van der Waals surface area contributed by atoms with Gasteiger partial charge in [-0.25, -0.2) is 4.98 Å². The Morgan fingerprint density at radius 2 is 1.94 bits per heavy atom. The van der Waals surface area contributed by atoms with E-state index in [1.165, 1.54) is 6.21 Å². The van der Waals surface area contributed by atoms with Crippen molar-refractivity contribution in [3.05, 3.63) is 54.1 Å². The summed E-state index contributed by atoms with van der Waals surface area (Å²) in [4.78, 5) is 4.60. The maximum absolute atomic E-state index is 8.53. The Morgan fingerprint density at radius 1 is 1.11 bits per heavy atom. The summed E-state index contributed by atoms with van der Waals surface area (Å²) in [5.41, 5.74) is 2.96. The fraction of sp³-hybridized carbons (Fsp3) is 0. The number of fused-ring (bicyclic) bond motifs is 1. The molecule has 0 saturated heterocycles. The molecule has 4 heteroatoms. The third-order valence-electron chi connectivity index (χ3n) is 2.64. The van der Waals surface area contributed by atoms with Crippen LogP contribution in [0.4, 0.5) is 0 Å². The summed E-state index contributed by atoms with van der Waals surface area (Å²) in [5.74, 6) is 0. The van der Waals surface area contributed by atoms with Crippen LogP contribution in [0.1, 0.15) is 5.56 Å². The van der Waals surface area contributed by atoms with Gasteiger partial charge in [-0.05, 0) is 17.7 Å². The van der Waals surface area contributed by atoms with E-state index < -0.39 is 0 Å². The number of aromatic nitrogens is 1. The summed E-state index contributed by atoms with van der Waals surface area (Å²) in [6.45, 7) is 0. The van der Waals surface area contributed by atoms with Crippen LogP contribution in [-0.4, -0.2) is 16.4 Å². The average Bonchev–Trinajstić information content (AvgIpc) is 2.83. The number of nitrogens with zero attached hydrogens (tertiary/aromatic N) is 2. The minimum atomic E-state index is 0.869. The van der Waals surface area contributed by atoms with Crippen LogP contribution in [0.25, 0.3) is 20.8 Å². The largest absolute Gasteiger partial charge is 0.411 e. The Morgan fingerprint density at radius 3 is 2.72 bits per heavy atom. The number of rotatable bonds is 2. The second-order valence-electron chi connectivity index (χ2n) is 3.86. The average molecular weight is 254 g/mol. The van der Waals surface area contributed by atoms with Crippen LogP contribution in [0.15, 0.2) is 53.7 Å². The Labute approximate surface area is 108 Å². The molecule has 2 aromatic carbocycles. The molecule has 1 N–H and O–H groups in total. The van der Waals surface area contributed by atoms with Gasteiger partial charge in [0.05, 0.1) is 16.4 Å². The number of thiazole rings is 1. The van der Waals surface area contributed by atoms with Gasteiger partial charge in [0.2, 0.25) is 0 Å². The lowest BCUT2D eigenvalue weighted by molar-refractivity contribution is 0.322. The summed E-state index contributed by atoms with van der Waals surface area (Å²) in [6, 6.07) is 15.9. The second kappa shape index (κ2) is 4.58. The molecule has 0 spiro atoms. The molecule has 0 aliphatic rings. The zero-order valence-corrected chi connectivity index (χ0v) is 10.3. The molecule has 88 valence electrons. The summed E-state index contributed by atoms with van der Waals surface area (Å²) >= 11 is 1.64. The summed E-state index contributed by atoms with van der Waals surface area (Å²) in [6.07, 6.45) is 1.42. The van der Waals surface area contributed by atoms with E-state index in [1.807, 2.05) is 48.5 Å². The van der Waals surface area contributed by atoms with Crippen LogP contribution in [0, 0.1) is 0 Å². The molecule has 0 aliphatic heterocycles. The van der Waals surface area contributed by atoms with Crippen LogP contribution in [0.3, 0.4) is 0 Å². The molecule has 3 nitrogen and oxygen atoms in total. The highest BCUT2D eigenvalue weighted by Crippen LogP contribution is 2.30. The Kier molecular flexibility index (Phi) is 2.78. The van der Waals surface area contributed by atoms with Crippen molar-refractivity contribution in [1.82, 2.24) is 4.98 Å². The molecular formula is C14H10N2OS. The van der Waals surface area contributed by atoms with E-state index in [-0.39, 0.29) is 0 Å². The second-order valence-corrected chi connectivity index (χ2v) is 4.89. The SMILES string of the molecule is O/N=C/c1ccc2nc(-c3ccccc3)sc2c1. The van der Waals surface area contributed by atoms with Crippen LogP contribution in [0.5, 0.6) is 0 Å². The van der Waals surface area contributed by atoms with E-state index >= 15 is 0 Å². The Hall–Kier alpha value is -2.20. The van der Waals surface area contributed by atoms with Gasteiger partial charge in [-0.3, -0.25) is 0 Å². The van der Waals surface area contributed by atoms with Crippen molar-refractivity contribution in [3.63, 3.8) is 0 Å². The van der Waals surface area contributed by atoms with Gasteiger partial charge in [0.1, 0.15) is 5.01 Å². The molecule has 1 aromatic heterocycles. The van der Waals surface area contributed by atoms with E-state index in [9.17, 15) is 0 Å². The molecule has 1 heterocycles. The molecule has 0 fully saturated rings.